The number of benzene rings is 2. The summed E-state index contributed by atoms with van der Waals surface area (Å²) >= 11 is 0. The molecule has 2 aromatic rings. The zero-order valence-corrected chi connectivity index (χ0v) is 21.4. The van der Waals surface area contributed by atoms with E-state index in [-0.39, 0.29) is 6.04 Å². The molecule has 1 unspecified atom stereocenters. The number of para-hydroxylation sites is 1. The third-order valence-electron chi connectivity index (χ3n) is 6.00. The molecule has 1 aliphatic heterocycles. The number of rotatable bonds is 8. The van der Waals surface area contributed by atoms with Crippen LogP contribution >= 0.6 is 0 Å². The van der Waals surface area contributed by atoms with Crippen molar-refractivity contribution in [2.75, 3.05) is 19.6 Å². The van der Waals surface area contributed by atoms with E-state index in [9.17, 15) is 4.79 Å². The lowest BCUT2D eigenvalue weighted by Crippen LogP contribution is -2.49. The molecule has 0 spiro atoms. The summed E-state index contributed by atoms with van der Waals surface area (Å²) in [4.78, 5) is 18.9. The van der Waals surface area contributed by atoms with Crippen molar-refractivity contribution in [3.05, 3.63) is 65.2 Å². The minimum Gasteiger partial charge on any atom is -0.341 e. The number of aliphatic imine (C=N–C) groups is 1. The molecule has 4 nitrogen and oxygen atoms in total. The van der Waals surface area contributed by atoms with E-state index in [0.717, 1.165) is 56.7 Å². The Labute approximate surface area is 201 Å². The number of piperidine rings is 1. The Morgan fingerprint density at radius 2 is 1.76 bits per heavy atom. The van der Waals surface area contributed by atoms with Gasteiger partial charge in [-0.3, -0.25) is 9.79 Å². The minimum atomic E-state index is 0.0943. The molecule has 1 heterocycles. The maximum atomic E-state index is 12.1. The smallest absolute Gasteiger partial charge is 0.239 e. The van der Waals surface area contributed by atoms with Gasteiger partial charge in [0.05, 0.1) is 11.7 Å². The van der Waals surface area contributed by atoms with Crippen molar-refractivity contribution in [3.63, 3.8) is 0 Å². The molecule has 0 saturated carbocycles. The fourth-order valence-electron chi connectivity index (χ4n) is 4.19. The summed E-state index contributed by atoms with van der Waals surface area (Å²) in [5, 5.41) is 3.32. The Hall–Kier alpha value is -2.46. The Morgan fingerprint density at radius 1 is 1.03 bits per heavy atom. The number of aryl methyl sites for hydroxylation is 2. The average Bonchev–Trinajstić information content (AvgIpc) is 2.85. The first-order chi connectivity index (χ1) is 16.0. The molecular weight excluding hydrogens is 406 g/mol. The third kappa shape index (κ3) is 8.77. The van der Waals surface area contributed by atoms with Crippen LogP contribution in [0.1, 0.15) is 76.5 Å². The molecule has 1 saturated heterocycles. The van der Waals surface area contributed by atoms with Crippen LogP contribution in [0.25, 0.3) is 0 Å². The van der Waals surface area contributed by atoms with Crippen molar-refractivity contribution in [3.8, 4) is 0 Å². The van der Waals surface area contributed by atoms with Crippen LogP contribution in [0.3, 0.4) is 0 Å². The van der Waals surface area contributed by atoms with E-state index in [2.05, 4.69) is 82.4 Å². The molecule has 33 heavy (non-hydrogen) atoms. The minimum absolute atomic E-state index is 0.0943. The summed E-state index contributed by atoms with van der Waals surface area (Å²) in [5.74, 6) is 0.318. The lowest BCUT2D eigenvalue weighted by Gasteiger charge is -2.29. The van der Waals surface area contributed by atoms with Crippen LogP contribution in [0.15, 0.2) is 53.5 Å². The van der Waals surface area contributed by atoms with E-state index in [0.29, 0.717) is 5.91 Å². The summed E-state index contributed by atoms with van der Waals surface area (Å²) < 4.78 is 0. The molecule has 3 rings (SSSR count). The van der Waals surface area contributed by atoms with E-state index >= 15 is 0 Å². The highest BCUT2D eigenvalue weighted by molar-refractivity contribution is 6.00. The predicted molar refractivity (Wildman–Crippen MR) is 142 cm³/mol. The molecule has 0 radical (unpaired) electrons. The molecule has 0 aliphatic carbocycles. The topological polar surface area (TPSA) is 44.7 Å². The van der Waals surface area contributed by atoms with E-state index in [1.165, 1.54) is 29.5 Å². The van der Waals surface area contributed by atoms with Gasteiger partial charge in [0, 0.05) is 18.8 Å². The van der Waals surface area contributed by atoms with Gasteiger partial charge < -0.3 is 10.2 Å². The van der Waals surface area contributed by atoms with Crippen molar-refractivity contribution in [1.29, 1.82) is 0 Å². The quantitative estimate of drug-likeness (QED) is 0.469. The van der Waals surface area contributed by atoms with Gasteiger partial charge in [-0.25, -0.2) is 0 Å². The standard InChI is InChI=1S/C17H19N.C12H24N2O/c1-4-15-9-5-6-11-17(15)18-14(3)16-10-7-8-13(2)12-16;1-3-9-14(10-4-2)12(15)11-7-5-6-8-13-11/h5-12H,4H2,1-3H3;11,13H,3-10H2,1-2H3. The second kappa shape index (κ2) is 14.6. The molecule has 1 aliphatic rings. The van der Waals surface area contributed by atoms with Gasteiger partial charge in [-0.15, -0.1) is 0 Å². The van der Waals surface area contributed by atoms with Gasteiger partial charge in [0.1, 0.15) is 0 Å². The Morgan fingerprint density at radius 3 is 2.36 bits per heavy atom. The van der Waals surface area contributed by atoms with E-state index in [1.807, 2.05) is 11.0 Å². The van der Waals surface area contributed by atoms with Crippen molar-refractivity contribution in [2.24, 2.45) is 4.99 Å². The van der Waals surface area contributed by atoms with Crippen LogP contribution in [0.5, 0.6) is 0 Å². The van der Waals surface area contributed by atoms with Crippen LogP contribution < -0.4 is 5.32 Å². The molecule has 0 bridgehead atoms. The maximum Gasteiger partial charge on any atom is 0.239 e. The summed E-state index contributed by atoms with van der Waals surface area (Å²) in [6, 6.07) is 16.9. The van der Waals surface area contributed by atoms with Gasteiger partial charge in [-0.2, -0.15) is 0 Å². The van der Waals surface area contributed by atoms with E-state index in [1.54, 1.807) is 0 Å². The first-order valence-corrected chi connectivity index (χ1v) is 12.7. The van der Waals surface area contributed by atoms with Crippen molar-refractivity contribution < 1.29 is 4.79 Å². The number of amides is 1. The van der Waals surface area contributed by atoms with Crippen LogP contribution in [0, 0.1) is 6.92 Å². The molecular formula is C29H43N3O. The summed E-state index contributed by atoms with van der Waals surface area (Å²) in [6.07, 6.45) is 6.54. The van der Waals surface area contributed by atoms with Gasteiger partial charge in [0.15, 0.2) is 0 Å². The Balaban J connectivity index is 0.000000238. The average molecular weight is 450 g/mol. The van der Waals surface area contributed by atoms with E-state index in [4.69, 9.17) is 4.99 Å². The van der Waals surface area contributed by atoms with Crippen LogP contribution in [-0.2, 0) is 11.2 Å². The zero-order chi connectivity index (χ0) is 24.1. The second-order valence-corrected chi connectivity index (χ2v) is 8.88. The lowest BCUT2D eigenvalue weighted by atomic mass is 10.0. The summed E-state index contributed by atoms with van der Waals surface area (Å²) in [5.41, 5.74) is 5.91. The molecule has 0 aromatic heterocycles. The highest BCUT2D eigenvalue weighted by atomic mass is 16.2. The van der Waals surface area contributed by atoms with Crippen LogP contribution in [0.2, 0.25) is 0 Å². The van der Waals surface area contributed by atoms with Crippen LogP contribution in [-0.4, -0.2) is 42.2 Å². The maximum absolute atomic E-state index is 12.1. The van der Waals surface area contributed by atoms with Gasteiger partial charge >= 0.3 is 0 Å². The van der Waals surface area contributed by atoms with Gasteiger partial charge in [0.25, 0.3) is 0 Å². The van der Waals surface area contributed by atoms with Crippen molar-refractivity contribution >= 4 is 17.3 Å². The molecule has 1 atom stereocenters. The summed E-state index contributed by atoms with van der Waals surface area (Å²) in [6.45, 7) is 13.4. The molecule has 1 fully saturated rings. The normalized spacial score (nSPS) is 16.0. The monoisotopic (exact) mass is 449 g/mol. The largest absolute Gasteiger partial charge is 0.341 e. The fourth-order valence-corrected chi connectivity index (χ4v) is 4.19. The van der Waals surface area contributed by atoms with Gasteiger partial charge in [0.2, 0.25) is 5.91 Å². The first-order valence-electron chi connectivity index (χ1n) is 12.7. The number of hydrogen-bond acceptors (Lipinski definition) is 3. The fraction of sp³-hybridized carbons (Fsp3) is 0.517. The SMILES string of the molecule is CCCN(CCC)C(=O)C1CCCCN1.CCc1ccccc1N=C(C)c1cccc(C)c1. The van der Waals surface area contributed by atoms with Gasteiger partial charge in [-0.1, -0.05) is 75.2 Å². The molecule has 4 heteroatoms. The molecule has 1 N–H and O–H groups in total. The Kier molecular flexibility index (Phi) is 11.9. The number of carbonyl (C=O) groups is 1. The van der Waals surface area contributed by atoms with Crippen molar-refractivity contribution in [1.82, 2.24) is 10.2 Å². The summed E-state index contributed by atoms with van der Waals surface area (Å²) in [7, 11) is 0. The Bertz CT molecular complexity index is 878. The lowest BCUT2D eigenvalue weighted by molar-refractivity contribution is -0.134. The number of carbonyl (C=O) groups excluding carboxylic acids is 1. The predicted octanol–water partition coefficient (Wildman–Crippen LogP) is 6.48. The zero-order valence-electron chi connectivity index (χ0n) is 21.4. The van der Waals surface area contributed by atoms with Gasteiger partial charge in [-0.05, 0) is 69.7 Å². The molecule has 1 amide bonds. The highest BCUT2D eigenvalue weighted by Gasteiger charge is 2.24. The first kappa shape index (κ1) is 26.8. The molecule has 2 aromatic carbocycles. The van der Waals surface area contributed by atoms with Crippen molar-refractivity contribution in [2.45, 2.75) is 79.2 Å². The second-order valence-electron chi connectivity index (χ2n) is 8.88. The highest BCUT2D eigenvalue weighted by Crippen LogP contribution is 2.20. The van der Waals surface area contributed by atoms with E-state index < -0.39 is 0 Å². The van der Waals surface area contributed by atoms with Crippen LogP contribution in [0.4, 0.5) is 5.69 Å². The molecule has 180 valence electrons. The number of hydrogen-bond donors (Lipinski definition) is 1. The number of nitrogens with zero attached hydrogens (tertiary/aromatic N) is 2. The number of nitrogens with one attached hydrogen (secondary N) is 1. The third-order valence-corrected chi connectivity index (χ3v) is 6.00.